The van der Waals surface area contributed by atoms with Gasteiger partial charge in [0, 0.05) is 11.9 Å². The smallest absolute Gasteiger partial charge is 0.257 e. The molecule has 2 N–H and O–H groups in total. The van der Waals surface area contributed by atoms with Gasteiger partial charge in [-0.3, -0.25) is 9.78 Å². The van der Waals surface area contributed by atoms with E-state index in [9.17, 15) is 9.90 Å². The summed E-state index contributed by atoms with van der Waals surface area (Å²) in [5.74, 6) is -0.519. The van der Waals surface area contributed by atoms with Gasteiger partial charge in [-0.25, -0.2) is 0 Å². The van der Waals surface area contributed by atoms with Crippen LogP contribution in [0.25, 0.3) is 0 Å². The predicted molar refractivity (Wildman–Crippen MR) is 70.0 cm³/mol. The molecule has 1 aromatic heterocycles. The SMILES string of the molecule is N#Cc1ccc(NC(=O)c2cncc(O)c2)cc1Cl. The molecule has 1 aromatic carbocycles. The van der Waals surface area contributed by atoms with Crippen molar-refractivity contribution in [3.63, 3.8) is 0 Å². The van der Waals surface area contributed by atoms with Crippen LogP contribution in [-0.4, -0.2) is 16.0 Å². The van der Waals surface area contributed by atoms with Gasteiger partial charge < -0.3 is 10.4 Å². The first-order chi connectivity index (χ1) is 9.10. The number of nitriles is 1. The Kier molecular flexibility index (Phi) is 3.64. The topological polar surface area (TPSA) is 86.0 Å². The van der Waals surface area contributed by atoms with Crippen LogP contribution in [0.1, 0.15) is 15.9 Å². The van der Waals surface area contributed by atoms with Gasteiger partial charge in [-0.2, -0.15) is 5.26 Å². The lowest BCUT2D eigenvalue weighted by molar-refractivity contribution is 0.102. The third kappa shape index (κ3) is 3.00. The van der Waals surface area contributed by atoms with Crippen molar-refractivity contribution in [2.75, 3.05) is 5.32 Å². The first-order valence-electron chi connectivity index (χ1n) is 5.25. The van der Waals surface area contributed by atoms with Crippen LogP contribution in [0.15, 0.2) is 36.7 Å². The number of amides is 1. The number of benzene rings is 1. The van der Waals surface area contributed by atoms with E-state index in [1.165, 1.54) is 30.6 Å². The molecule has 0 atom stereocenters. The van der Waals surface area contributed by atoms with E-state index in [4.69, 9.17) is 16.9 Å². The van der Waals surface area contributed by atoms with Gasteiger partial charge in [-0.1, -0.05) is 11.6 Å². The molecule has 0 spiro atoms. The molecule has 94 valence electrons. The highest BCUT2D eigenvalue weighted by molar-refractivity contribution is 6.32. The van der Waals surface area contributed by atoms with Gasteiger partial charge in [0.2, 0.25) is 0 Å². The number of rotatable bonds is 2. The van der Waals surface area contributed by atoms with E-state index in [0.717, 1.165) is 0 Å². The number of nitrogens with zero attached hydrogens (tertiary/aromatic N) is 2. The molecular formula is C13H8ClN3O2. The molecule has 0 saturated carbocycles. The monoisotopic (exact) mass is 273 g/mol. The third-order valence-electron chi connectivity index (χ3n) is 2.33. The first-order valence-corrected chi connectivity index (χ1v) is 5.63. The minimum atomic E-state index is -0.427. The number of pyridine rings is 1. The van der Waals surface area contributed by atoms with Crippen LogP contribution in [0.5, 0.6) is 5.75 Å². The van der Waals surface area contributed by atoms with Gasteiger partial charge >= 0.3 is 0 Å². The number of anilines is 1. The maximum atomic E-state index is 11.9. The zero-order chi connectivity index (χ0) is 13.8. The second kappa shape index (κ2) is 5.38. The Morgan fingerprint density at radius 2 is 2.16 bits per heavy atom. The Bertz CT molecular complexity index is 680. The van der Waals surface area contributed by atoms with Crippen LogP contribution in [0.3, 0.4) is 0 Å². The molecule has 0 aliphatic rings. The van der Waals surface area contributed by atoms with Gasteiger partial charge in [-0.15, -0.1) is 0 Å². The number of hydrogen-bond acceptors (Lipinski definition) is 4. The lowest BCUT2D eigenvalue weighted by atomic mass is 10.2. The second-order valence-electron chi connectivity index (χ2n) is 3.69. The Labute approximate surface area is 114 Å². The average Bonchev–Trinajstić information content (AvgIpc) is 2.39. The molecule has 0 aliphatic heterocycles. The quantitative estimate of drug-likeness (QED) is 0.880. The minimum Gasteiger partial charge on any atom is -0.506 e. The fourth-order valence-corrected chi connectivity index (χ4v) is 1.66. The molecule has 6 heteroatoms. The zero-order valence-electron chi connectivity index (χ0n) is 9.59. The van der Waals surface area contributed by atoms with Crippen molar-refractivity contribution < 1.29 is 9.90 Å². The van der Waals surface area contributed by atoms with E-state index in [1.54, 1.807) is 6.07 Å². The molecule has 1 heterocycles. The Morgan fingerprint density at radius 1 is 1.37 bits per heavy atom. The average molecular weight is 274 g/mol. The van der Waals surface area contributed by atoms with Crippen LogP contribution in [0.4, 0.5) is 5.69 Å². The summed E-state index contributed by atoms with van der Waals surface area (Å²) in [4.78, 5) is 15.6. The van der Waals surface area contributed by atoms with E-state index in [-0.39, 0.29) is 16.3 Å². The van der Waals surface area contributed by atoms with Crippen molar-refractivity contribution in [1.29, 1.82) is 5.26 Å². The number of aromatic hydroxyl groups is 1. The largest absolute Gasteiger partial charge is 0.506 e. The fraction of sp³-hybridized carbons (Fsp3) is 0. The standard InChI is InChI=1S/C13H8ClN3O2/c14-12-4-10(2-1-8(12)5-15)17-13(19)9-3-11(18)7-16-6-9/h1-4,6-7,18H,(H,17,19). The van der Waals surface area contributed by atoms with Gasteiger partial charge in [-0.05, 0) is 24.3 Å². The maximum absolute atomic E-state index is 11.9. The number of aromatic nitrogens is 1. The summed E-state index contributed by atoms with van der Waals surface area (Å²) >= 11 is 5.86. The number of carbonyl (C=O) groups excluding carboxylic acids is 1. The van der Waals surface area contributed by atoms with Crippen molar-refractivity contribution in [2.24, 2.45) is 0 Å². The minimum absolute atomic E-state index is 0.0921. The van der Waals surface area contributed by atoms with Gasteiger partial charge in [0.25, 0.3) is 5.91 Å². The third-order valence-corrected chi connectivity index (χ3v) is 2.65. The van der Waals surface area contributed by atoms with Crippen LogP contribution in [0.2, 0.25) is 5.02 Å². The molecule has 0 unspecified atom stereocenters. The molecule has 0 aliphatic carbocycles. The molecule has 19 heavy (non-hydrogen) atoms. The molecule has 1 amide bonds. The summed E-state index contributed by atoms with van der Waals surface area (Å²) in [7, 11) is 0. The number of halogens is 1. The van der Waals surface area contributed by atoms with Crippen molar-refractivity contribution in [3.8, 4) is 11.8 Å². The summed E-state index contributed by atoms with van der Waals surface area (Å²) in [6, 6.07) is 7.79. The van der Waals surface area contributed by atoms with Crippen molar-refractivity contribution in [3.05, 3.63) is 52.8 Å². The second-order valence-corrected chi connectivity index (χ2v) is 4.10. The Hall–Kier alpha value is -2.58. The molecule has 0 bridgehead atoms. The van der Waals surface area contributed by atoms with Crippen LogP contribution < -0.4 is 5.32 Å². The first kappa shape index (κ1) is 12.9. The predicted octanol–water partition coefficient (Wildman–Crippen LogP) is 2.56. The molecule has 0 fully saturated rings. The summed E-state index contributed by atoms with van der Waals surface area (Å²) in [6.07, 6.45) is 2.57. The highest BCUT2D eigenvalue weighted by Gasteiger charge is 2.08. The molecule has 0 radical (unpaired) electrons. The number of nitrogens with one attached hydrogen (secondary N) is 1. The number of carbonyl (C=O) groups is 1. The van der Waals surface area contributed by atoms with Crippen molar-refractivity contribution in [1.82, 2.24) is 4.98 Å². The Balaban J connectivity index is 2.20. The lowest BCUT2D eigenvalue weighted by Gasteiger charge is -2.06. The van der Waals surface area contributed by atoms with E-state index in [2.05, 4.69) is 10.3 Å². The van der Waals surface area contributed by atoms with Crippen LogP contribution in [-0.2, 0) is 0 Å². The van der Waals surface area contributed by atoms with E-state index < -0.39 is 5.91 Å². The highest BCUT2D eigenvalue weighted by Crippen LogP contribution is 2.21. The molecule has 2 aromatic rings. The van der Waals surface area contributed by atoms with Crippen LogP contribution >= 0.6 is 11.6 Å². The maximum Gasteiger partial charge on any atom is 0.257 e. The highest BCUT2D eigenvalue weighted by atomic mass is 35.5. The molecule has 5 nitrogen and oxygen atoms in total. The number of hydrogen-bond donors (Lipinski definition) is 2. The van der Waals surface area contributed by atoms with Gasteiger partial charge in [0.15, 0.2) is 0 Å². The van der Waals surface area contributed by atoms with E-state index in [0.29, 0.717) is 11.3 Å². The van der Waals surface area contributed by atoms with Crippen molar-refractivity contribution in [2.45, 2.75) is 0 Å². The summed E-state index contributed by atoms with van der Waals surface area (Å²) in [6.45, 7) is 0. The normalized spacial score (nSPS) is 9.68. The zero-order valence-corrected chi connectivity index (χ0v) is 10.3. The van der Waals surface area contributed by atoms with E-state index >= 15 is 0 Å². The lowest BCUT2D eigenvalue weighted by Crippen LogP contribution is -2.12. The summed E-state index contributed by atoms with van der Waals surface area (Å²) < 4.78 is 0. The molecular weight excluding hydrogens is 266 g/mol. The van der Waals surface area contributed by atoms with Gasteiger partial charge in [0.1, 0.15) is 11.8 Å². The van der Waals surface area contributed by atoms with Gasteiger partial charge in [0.05, 0.1) is 22.3 Å². The summed E-state index contributed by atoms with van der Waals surface area (Å²) in [5.41, 5.74) is 1.01. The van der Waals surface area contributed by atoms with E-state index in [1.807, 2.05) is 6.07 Å². The Morgan fingerprint density at radius 3 is 2.79 bits per heavy atom. The fourth-order valence-electron chi connectivity index (χ4n) is 1.44. The molecule has 0 saturated heterocycles. The van der Waals surface area contributed by atoms with Crippen LogP contribution in [0, 0.1) is 11.3 Å². The van der Waals surface area contributed by atoms with Crippen molar-refractivity contribution >= 4 is 23.2 Å². The summed E-state index contributed by atoms with van der Waals surface area (Å²) in [5, 5.41) is 20.8. The molecule has 2 rings (SSSR count).